The maximum Gasteiger partial charge on any atom is 0.419 e. The Morgan fingerprint density at radius 3 is 2.43 bits per heavy atom. The second-order valence-electron chi connectivity index (χ2n) is 4.50. The number of hydrogen-bond acceptors (Lipinski definition) is 2. The largest absolute Gasteiger partial charge is 0.456 e. The minimum absolute atomic E-state index is 0.181. The SMILES string of the molecule is Cc1ccc(Br)cc1Oc1ccc(CO)cc1C(F)(F)F. The fourth-order valence-corrected chi connectivity index (χ4v) is 2.13. The Morgan fingerprint density at radius 1 is 1.10 bits per heavy atom. The molecule has 0 fully saturated rings. The molecule has 0 bridgehead atoms. The van der Waals surface area contributed by atoms with Gasteiger partial charge in [-0.05, 0) is 42.3 Å². The van der Waals surface area contributed by atoms with E-state index in [0.717, 1.165) is 11.6 Å². The first-order chi connectivity index (χ1) is 9.81. The molecule has 0 saturated heterocycles. The monoisotopic (exact) mass is 360 g/mol. The van der Waals surface area contributed by atoms with Gasteiger partial charge < -0.3 is 9.84 Å². The summed E-state index contributed by atoms with van der Waals surface area (Å²) in [6, 6.07) is 8.64. The van der Waals surface area contributed by atoms with Gasteiger partial charge in [-0.15, -0.1) is 0 Å². The van der Waals surface area contributed by atoms with Crippen LogP contribution in [0.2, 0.25) is 0 Å². The smallest absolute Gasteiger partial charge is 0.419 e. The second-order valence-corrected chi connectivity index (χ2v) is 5.41. The molecule has 6 heteroatoms. The van der Waals surface area contributed by atoms with Crippen molar-refractivity contribution in [2.24, 2.45) is 0 Å². The van der Waals surface area contributed by atoms with Crippen LogP contribution in [0.3, 0.4) is 0 Å². The van der Waals surface area contributed by atoms with E-state index in [0.29, 0.717) is 10.2 Å². The fraction of sp³-hybridized carbons (Fsp3) is 0.200. The van der Waals surface area contributed by atoms with Gasteiger partial charge in [-0.25, -0.2) is 0 Å². The van der Waals surface area contributed by atoms with Crippen LogP contribution < -0.4 is 4.74 Å². The predicted octanol–water partition coefficient (Wildman–Crippen LogP) is 5.06. The maximum atomic E-state index is 13.1. The first-order valence-electron chi connectivity index (χ1n) is 6.06. The lowest BCUT2D eigenvalue weighted by atomic mass is 10.1. The minimum Gasteiger partial charge on any atom is -0.456 e. The molecule has 0 aliphatic rings. The third kappa shape index (κ3) is 3.77. The number of aliphatic hydroxyl groups excluding tert-OH is 1. The summed E-state index contributed by atoms with van der Waals surface area (Å²) in [6.45, 7) is 1.29. The lowest BCUT2D eigenvalue weighted by molar-refractivity contribution is -0.138. The van der Waals surface area contributed by atoms with Crippen molar-refractivity contribution in [1.29, 1.82) is 0 Å². The van der Waals surface area contributed by atoms with Crippen LogP contribution in [0.15, 0.2) is 40.9 Å². The van der Waals surface area contributed by atoms with Crippen LogP contribution >= 0.6 is 15.9 Å². The highest BCUT2D eigenvalue weighted by Crippen LogP contribution is 2.39. The highest BCUT2D eigenvalue weighted by atomic mass is 79.9. The van der Waals surface area contributed by atoms with Crippen LogP contribution in [0.1, 0.15) is 16.7 Å². The fourth-order valence-electron chi connectivity index (χ4n) is 1.79. The molecule has 2 aromatic carbocycles. The Bertz CT molecular complexity index is 654. The Hall–Kier alpha value is -1.53. The van der Waals surface area contributed by atoms with Gasteiger partial charge in [0.15, 0.2) is 0 Å². The summed E-state index contributed by atoms with van der Waals surface area (Å²) in [5.41, 5.74) is -0.00776. The third-order valence-electron chi connectivity index (χ3n) is 2.90. The van der Waals surface area contributed by atoms with E-state index in [1.807, 2.05) is 0 Å². The Morgan fingerprint density at radius 2 is 1.81 bits per heavy atom. The molecular weight excluding hydrogens is 349 g/mol. The topological polar surface area (TPSA) is 29.5 Å². The standard InChI is InChI=1S/C15H12BrF3O2/c1-9-2-4-11(16)7-14(9)21-13-5-3-10(8-20)6-12(13)15(17,18)19/h2-7,20H,8H2,1H3. The van der Waals surface area contributed by atoms with Crippen molar-refractivity contribution in [3.8, 4) is 11.5 Å². The van der Waals surface area contributed by atoms with E-state index < -0.39 is 18.3 Å². The molecule has 2 rings (SSSR count). The molecule has 2 nitrogen and oxygen atoms in total. The molecule has 0 unspecified atom stereocenters. The van der Waals surface area contributed by atoms with Crippen molar-refractivity contribution in [3.05, 3.63) is 57.6 Å². The molecule has 1 N–H and O–H groups in total. The van der Waals surface area contributed by atoms with Crippen LogP contribution in [0.4, 0.5) is 13.2 Å². The summed E-state index contributed by atoms with van der Waals surface area (Å²) >= 11 is 3.26. The van der Waals surface area contributed by atoms with Gasteiger partial charge in [0.25, 0.3) is 0 Å². The van der Waals surface area contributed by atoms with Crippen LogP contribution in [0.25, 0.3) is 0 Å². The maximum absolute atomic E-state index is 13.1. The molecule has 0 amide bonds. The van der Waals surface area contributed by atoms with Crippen molar-refractivity contribution >= 4 is 15.9 Å². The van der Waals surface area contributed by atoms with Gasteiger partial charge in [0, 0.05) is 4.47 Å². The molecule has 0 aliphatic carbocycles. The van der Waals surface area contributed by atoms with Crippen LogP contribution in [0.5, 0.6) is 11.5 Å². The summed E-state index contributed by atoms with van der Waals surface area (Å²) in [7, 11) is 0. The third-order valence-corrected chi connectivity index (χ3v) is 3.40. The number of aryl methyl sites for hydroxylation is 1. The minimum atomic E-state index is -4.56. The first kappa shape index (κ1) is 15.9. The molecule has 0 aromatic heterocycles. The summed E-state index contributed by atoms with van der Waals surface area (Å²) in [5, 5.41) is 8.97. The van der Waals surface area contributed by atoms with Crippen molar-refractivity contribution in [1.82, 2.24) is 0 Å². The molecule has 21 heavy (non-hydrogen) atoms. The van der Waals surface area contributed by atoms with Crippen LogP contribution in [-0.4, -0.2) is 5.11 Å². The molecule has 0 saturated carbocycles. The van der Waals surface area contributed by atoms with Gasteiger partial charge in [0.1, 0.15) is 11.5 Å². The van der Waals surface area contributed by atoms with Gasteiger partial charge in [-0.2, -0.15) is 13.2 Å². The highest BCUT2D eigenvalue weighted by molar-refractivity contribution is 9.10. The van der Waals surface area contributed by atoms with E-state index in [4.69, 9.17) is 9.84 Å². The Balaban J connectivity index is 2.46. The van der Waals surface area contributed by atoms with Crippen molar-refractivity contribution in [2.45, 2.75) is 19.7 Å². The summed E-state index contributed by atoms with van der Waals surface area (Å²) < 4.78 is 45.4. The van der Waals surface area contributed by atoms with Crippen molar-refractivity contribution < 1.29 is 23.0 Å². The second kappa shape index (κ2) is 6.07. The average Bonchev–Trinajstić information content (AvgIpc) is 2.42. The van der Waals surface area contributed by atoms with Gasteiger partial charge in [0.2, 0.25) is 0 Å². The molecule has 0 atom stereocenters. The zero-order valence-electron chi connectivity index (χ0n) is 11.0. The zero-order chi connectivity index (χ0) is 15.6. The summed E-state index contributed by atoms with van der Waals surface area (Å²) in [4.78, 5) is 0. The zero-order valence-corrected chi connectivity index (χ0v) is 12.6. The van der Waals surface area contributed by atoms with Crippen LogP contribution in [-0.2, 0) is 12.8 Å². The van der Waals surface area contributed by atoms with Gasteiger partial charge >= 0.3 is 6.18 Å². The average molecular weight is 361 g/mol. The number of aliphatic hydroxyl groups is 1. The number of ether oxygens (including phenoxy) is 1. The predicted molar refractivity (Wildman–Crippen MR) is 76.3 cm³/mol. The van der Waals surface area contributed by atoms with E-state index in [9.17, 15) is 13.2 Å². The molecule has 2 aromatic rings. The van der Waals surface area contributed by atoms with Crippen LogP contribution in [0, 0.1) is 6.92 Å². The van der Waals surface area contributed by atoms with E-state index in [2.05, 4.69) is 15.9 Å². The van der Waals surface area contributed by atoms with Crippen molar-refractivity contribution in [2.75, 3.05) is 0 Å². The van der Waals surface area contributed by atoms with E-state index in [-0.39, 0.29) is 11.3 Å². The Kier molecular flexibility index (Phi) is 4.58. The lowest BCUT2D eigenvalue weighted by Crippen LogP contribution is -2.08. The quantitative estimate of drug-likeness (QED) is 0.828. The van der Waals surface area contributed by atoms with Gasteiger partial charge in [0.05, 0.1) is 12.2 Å². The molecule has 0 spiro atoms. The first-order valence-corrected chi connectivity index (χ1v) is 6.85. The number of benzene rings is 2. The number of alkyl halides is 3. The lowest BCUT2D eigenvalue weighted by Gasteiger charge is -2.16. The van der Waals surface area contributed by atoms with Gasteiger partial charge in [-0.1, -0.05) is 28.1 Å². The molecule has 112 valence electrons. The number of rotatable bonds is 3. The van der Waals surface area contributed by atoms with Crippen molar-refractivity contribution in [3.63, 3.8) is 0 Å². The number of hydrogen-bond donors (Lipinski definition) is 1. The normalized spacial score (nSPS) is 11.5. The number of halogens is 4. The van der Waals surface area contributed by atoms with E-state index >= 15 is 0 Å². The van der Waals surface area contributed by atoms with E-state index in [1.165, 1.54) is 12.1 Å². The van der Waals surface area contributed by atoms with Gasteiger partial charge in [-0.3, -0.25) is 0 Å². The molecule has 0 radical (unpaired) electrons. The molecular formula is C15H12BrF3O2. The summed E-state index contributed by atoms with van der Waals surface area (Å²) in [5.74, 6) is 0.0486. The molecule has 0 aliphatic heterocycles. The highest BCUT2D eigenvalue weighted by Gasteiger charge is 2.35. The molecule has 0 heterocycles. The van der Waals surface area contributed by atoms with E-state index in [1.54, 1.807) is 25.1 Å². The Labute approximate surface area is 128 Å². The summed E-state index contributed by atoms with van der Waals surface area (Å²) in [6.07, 6.45) is -4.56.